The van der Waals surface area contributed by atoms with Gasteiger partial charge in [-0.15, -0.1) is 21.5 Å². The van der Waals surface area contributed by atoms with Crippen molar-refractivity contribution in [2.24, 2.45) is 7.05 Å². The van der Waals surface area contributed by atoms with Crippen molar-refractivity contribution in [1.29, 1.82) is 0 Å². The number of methoxy groups -OCH3 is 1. The SMILES string of the molecule is COc1ccc(-c2nc(NC(=O)CSc3nnc(Cc4cccc5ccccc45)n3C)sc2C)cc1. The molecule has 7 nitrogen and oxygen atoms in total. The molecular weight excluding hydrogens is 490 g/mol. The maximum Gasteiger partial charge on any atom is 0.236 e. The van der Waals surface area contributed by atoms with E-state index in [0.29, 0.717) is 16.7 Å². The Morgan fingerprint density at radius 1 is 1.06 bits per heavy atom. The number of aromatic nitrogens is 4. The molecule has 0 atom stereocenters. The predicted octanol–water partition coefficient (Wildman–Crippen LogP) is 5.73. The Morgan fingerprint density at radius 3 is 2.64 bits per heavy atom. The van der Waals surface area contributed by atoms with Gasteiger partial charge in [-0.2, -0.15) is 0 Å². The van der Waals surface area contributed by atoms with Crippen LogP contribution in [-0.2, 0) is 18.3 Å². The first-order valence-electron chi connectivity index (χ1n) is 11.4. The summed E-state index contributed by atoms with van der Waals surface area (Å²) in [6.45, 7) is 2.00. The average Bonchev–Trinajstić information content (AvgIpc) is 3.44. The van der Waals surface area contributed by atoms with Gasteiger partial charge in [0.25, 0.3) is 0 Å². The van der Waals surface area contributed by atoms with E-state index in [1.165, 1.54) is 39.4 Å². The maximum atomic E-state index is 12.6. The number of thiazole rings is 1. The molecule has 0 fully saturated rings. The van der Waals surface area contributed by atoms with Gasteiger partial charge < -0.3 is 14.6 Å². The van der Waals surface area contributed by atoms with Crippen LogP contribution in [0.1, 0.15) is 16.3 Å². The number of amides is 1. The van der Waals surface area contributed by atoms with Gasteiger partial charge in [0.1, 0.15) is 11.6 Å². The fourth-order valence-corrected chi connectivity index (χ4v) is 5.58. The minimum atomic E-state index is -0.131. The quantitative estimate of drug-likeness (QED) is 0.266. The lowest BCUT2D eigenvalue weighted by atomic mass is 10.0. The third kappa shape index (κ3) is 5.12. The number of aryl methyl sites for hydroxylation is 1. The maximum absolute atomic E-state index is 12.6. The molecule has 0 saturated heterocycles. The second kappa shape index (κ2) is 10.5. The van der Waals surface area contributed by atoms with E-state index in [-0.39, 0.29) is 11.7 Å². The van der Waals surface area contributed by atoms with E-state index in [4.69, 9.17) is 4.74 Å². The van der Waals surface area contributed by atoms with Gasteiger partial charge >= 0.3 is 0 Å². The highest BCUT2D eigenvalue weighted by atomic mass is 32.2. The minimum Gasteiger partial charge on any atom is -0.497 e. The molecule has 1 N–H and O–H groups in total. The number of carbonyl (C=O) groups excluding carboxylic acids is 1. The standard InChI is InChI=1S/C27H25N5O2S2/c1-17-25(19-11-13-21(34-3)14-12-19)29-26(36-17)28-24(33)16-35-27-31-30-23(32(27)2)15-20-9-6-8-18-7-4-5-10-22(18)20/h4-14H,15-16H2,1-3H3,(H,28,29,33). The summed E-state index contributed by atoms with van der Waals surface area (Å²) in [7, 11) is 3.58. The van der Waals surface area contributed by atoms with Gasteiger partial charge in [-0.3, -0.25) is 4.79 Å². The van der Waals surface area contributed by atoms with Gasteiger partial charge in [0.2, 0.25) is 5.91 Å². The summed E-state index contributed by atoms with van der Waals surface area (Å²) in [6.07, 6.45) is 0.671. The largest absolute Gasteiger partial charge is 0.497 e. The van der Waals surface area contributed by atoms with E-state index in [9.17, 15) is 4.79 Å². The van der Waals surface area contributed by atoms with Crippen molar-refractivity contribution in [3.8, 4) is 17.0 Å². The summed E-state index contributed by atoms with van der Waals surface area (Å²) in [5.41, 5.74) is 3.04. The molecule has 9 heteroatoms. The van der Waals surface area contributed by atoms with Crippen LogP contribution in [0.2, 0.25) is 0 Å². The molecule has 182 valence electrons. The molecular formula is C27H25N5O2S2. The van der Waals surface area contributed by atoms with Crippen LogP contribution in [0, 0.1) is 6.92 Å². The molecule has 5 aromatic rings. The Balaban J connectivity index is 1.22. The smallest absolute Gasteiger partial charge is 0.236 e. The van der Waals surface area contributed by atoms with Crippen LogP contribution in [0.25, 0.3) is 22.0 Å². The average molecular weight is 516 g/mol. The highest BCUT2D eigenvalue weighted by Gasteiger charge is 2.15. The Bertz CT molecular complexity index is 1520. The molecule has 2 heterocycles. The lowest BCUT2D eigenvalue weighted by molar-refractivity contribution is -0.113. The second-order valence-corrected chi connectivity index (χ2v) is 10.4. The molecule has 1 amide bonds. The normalized spacial score (nSPS) is 11.1. The van der Waals surface area contributed by atoms with Crippen molar-refractivity contribution in [3.63, 3.8) is 0 Å². The molecule has 5 rings (SSSR count). The van der Waals surface area contributed by atoms with E-state index < -0.39 is 0 Å². The van der Waals surface area contributed by atoms with Crippen molar-refractivity contribution in [2.45, 2.75) is 18.5 Å². The molecule has 0 aliphatic heterocycles. The summed E-state index contributed by atoms with van der Waals surface area (Å²) in [4.78, 5) is 18.3. The van der Waals surface area contributed by atoms with Crippen LogP contribution < -0.4 is 10.1 Å². The zero-order chi connectivity index (χ0) is 25.1. The molecule has 0 unspecified atom stereocenters. The predicted molar refractivity (Wildman–Crippen MR) is 146 cm³/mol. The molecule has 0 aliphatic rings. The summed E-state index contributed by atoms with van der Waals surface area (Å²) < 4.78 is 7.18. The van der Waals surface area contributed by atoms with Crippen LogP contribution in [-0.4, -0.2) is 38.5 Å². The summed E-state index contributed by atoms with van der Waals surface area (Å²) in [5, 5.41) is 15.3. The molecule has 0 aliphatic carbocycles. The topological polar surface area (TPSA) is 81.9 Å². The van der Waals surface area contributed by atoms with E-state index in [2.05, 4.69) is 50.8 Å². The van der Waals surface area contributed by atoms with E-state index in [1.807, 2.05) is 54.9 Å². The number of fused-ring (bicyclic) bond motifs is 1. The first kappa shape index (κ1) is 24.0. The zero-order valence-corrected chi connectivity index (χ0v) is 21.8. The monoisotopic (exact) mass is 515 g/mol. The van der Waals surface area contributed by atoms with Crippen LogP contribution in [0.5, 0.6) is 5.75 Å². The lowest BCUT2D eigenvalue weighted by Crippen LogP contribution is -2.14. The molecule has 0 saturated carbocycles. The van der Waals surface area contributed by atoms with Crippen LogP contribution in [0.15, 0.2) is 71.9 Å². The number of anilines is 1. The Labute approximate surface area is 217 Å². The third-order valence-electron chi connectivity index (χ3n) is 5.89. The van der Waals surface area contributed by atoms with Gasteiger partial charge in [-0.25, -0.2) is 4.98 Å². The number of benzene rings is 3. The number of hydrogen-bond acceptors (Lipinski definition) is 7. The van der Waals surface area contributed by atoms with Gasteiger partial charge in [0.15, 0.2) is 10.3 Å². The Hall–Kier alpha value is -3.69. The Morgan fingerprint density at radius 2 is 1.83 bits per heavy atom. The highest BCUT2D eigenvalue weighted by Crippen LogP contribution is 2.31. The lowest BCUT2D eigenvalue weighted by Gasteiger charge is -2.07. The number of carbonyl (C=O) groups is 1. The summed E-state index contributed by atoms with van der Waals surface area (Å²) >= 11 is 2.82. The summed E-state index contributed by atoms with van der Waals surface area (Å²) in [5.74, 6) is 1.74. The van der Waals surface area contributed by atoms with Gasteiger partial charge in [-0.05, 0) is 47.5 Å². The molecule has 0 spiro atoms. The molecule has 0 radical (unpaired) electrons. The first-order valence-corrected chi connectivity index (χ1v) is 13.2. The molecule has 0 bridgehead atoms. The van der Waals surface area contributed by atoms with Gasteiger partial charge in [0, 0.05) is 23.9 Å². The second-order valence-electron chi connectivity index (χ2n) is 8.26. The number of hydrogen-bond donors (Lipinski definition) is 1. The first-order chi connectivity index (χ1) is 17.5. The van der Waals surface area contributed by atoms with E-state index in [0.717, 1.165) is 27.7 Å². The van der Waals surface area contributed by atoms with Gasteiger partial charge in [-0.1, -0.05) is 54.2 Å². The number of thioether (sulfide) groups is 1. The number of nitrogens with zero attached hydrogens (tertiary/aromatic N) is 4. The fourth-order valence-electron chi connectivity index (χ4n) is 3.99. The van der Waals surface area contributed by atoms with E-state index >= 15 is 0 Å². The van der Waals surface area contributed by atoms with Crippen molar-refractivity contribution in [3.05, 3.63) is 83.0 Å². The zero-order valence-electron chi connectivity index (χ0n) is 20.2. The molecule has 36 heavy (non-hydrogen) atoms. The Kier molecular flexibility index (Phi) is 7.02. The summed E-state index contributed by atoms with van der Waals surface area (Å²) in [6, 6.07) is 22.4. The molecule has 3 aromatic carbocycles. The van der Waals surface area contributed by atoms with Crippen molar-refractivity contribution in [1.82, 2.24) is 19.7 Å². The third-order valence-corrected chi connectivity index (χ3v) is 7.80. The van der Waals surface area contributed by atoms with Gasteiger partial charge in [0.05, 0.1) is 18.6 Å². The fraction of sp³-hybridized carbons (Fsp3) is 0.185. The number of rotatable bonds is 8. The van der Waals surface area contributed by atoms with Crippen LogP contribution in [0.4, 0.5) is 5.13 Å². The van der Waals surface area contributed by atoms with Crippen molar-refractivity contribution >= 4 is 44.9 Å². The van der Waals surface area contributed by atoms with E-state index in [1.54, 1.807) is 7.11 Å². The number of nitrogens with one attached hydrogen (secondary N) is 1. The molecule has 2 aromatic heterocycles. The number of ether oxygens (including phenoxy) is 1. The van der Waals surface area contributed by atoms with Crippen LogP contribution >= 0.6 is 23.1 Å². The highest BCUT2D eigenvalue weighted by molar-refractivity contribution is 7.99. The van der Waals surface area contributed by atoms with Crippen molar-refractivity contribution < 1.29 is 9.53 Å². The van der Waals surface area contributed by atoms with Crippen molar-refractivity contribution in [2.75, 3.05) is 18.2 Å². The minimum absolute atomic E-state index is 0.131. The van der Waals surface area contributed by atoms with Crippen LogP contribution in [0.3, 0.4) is 0 Å².